The predicted octanol–water partition coefficient (Wildman–Crippen LogP) is 8.37. The first-order valence-corrected chi connectivity index (χ1v) is 14.9. The summed E-state index contributed by atoms with van der Waals surface area (Å²) in [6, 6.07) is 21.7. The first-order chi connectivity index (χ1) is 20.1. The Morgan fingerprint density at radius 2 is 1.71 bits per heavy atom. The highest BCUT2D eigenvalue weighted by Crippen LogP contribution is 2.48. The lowest BCUT2D eigenvalue weighted by atomic mass is 9.77. The highest BCUT2D eigenvalue weighted by atomic mass is 16.6. The van der Waals surface area contributed by atoms with Gasteiger partial charge >= 0.3 is 0 Å². The Kier molecular flexibility index (Phi) is 8.30. The molecule has 1 aliphatic carbocycles. The first-order valence-electron chi connectivity index (χ1n) is 14.9. The summed E-state index contributed by atoms with van der Waals surface area (Å²) in [6.45, 7) is 8.63. The fourth-order valence-corrected chi connectivity index (χ4v) is 6.13. The molecule has 0 spiro atoms. The van der Waals surface area contributed by atoms with Crippen LogP contribution in [-0.4, -0.2) is 16.6 Å². The smallest absolute Gasteiger partial charge is 0.269 e. The van der Waals surface area contributed by atoms with Gasteiger partial charge in [-0.15, -0.1) is 0 Å². The van der Waals surface area contributed by atoms with Crippen LogP contribution in [0.3, 0.4) is 0 Å². The molecule has 7 heteroatoms. The van der Waals surface area contributed by atoms with Crippen molar-refractivity contribution in [2.24, 2.45) is 0 Å². The lowest BCUT2D eigenvalue weighted by Crippen LogP contribution is -2.38. The highest BCUT2D eigenvalue weighted by molar-refractivity contribution is 6.06. The molecule has 0 aromatic heterocycles. The van der Waals surface area contributed by atoms with Crippen molar-refractivity contribution in [2.75, 3.05) is 10.2 Å². The van der Waals surface area contributed by atoms with Gasteiger partial charge in [-0.05, 0) is 53.0 Å². The molecule has 7 nitrogen and oxygen atoms in total. The summed E-state index contributed by atoms with van der Waals surface area (Å²) in [5, 5.41) is 15.3. The van der Waals surface area contributed by atoms with Crippen LogP contribution >= 0.6 is 0 Å². The Hall–Kier alpha value is -4.26. The van der Waals surface area contributed by atoms with Gasteiger partial charge in [0.25, 0.3) is 5.69 Å². The van der Waals surface area contributed by atoms with Crippen LogP contribution < -0.4 is 10.2 Å². The van der Waals surface area contributed by atoms with E-state index in [1.807, 2.05) is 24.3 Å². The molecule has 0 fully saturated rings. The fourth-order valence-electron chi connectivity index (χ4n) is 6.13. The second-order valence-electron chi connectivity index (χ2n) is 12.4. The Balaban J connectivity index is 1.64. The Labute approximate surface area is 247 Å². The molecule has 3 aromatic rings. The van der Waals surface area contributed by atoms with E-state index in [-0.39, 0.29) is 28.7 Å². The van der Waals surface area contributed by atoms with Crippen LogP contribution in [0.1, 0.15) is 94.9 Å². The maximum Gasteiger partial charge on any atom is 0.269 e. The molecule has 2 atom stereocenters. The summed E-state index contributed by atoms with van der Waals surface area (Å²) in [4.78, 5) is 41.2. The molecule has 0 saturated carbocycles. The van der Waals surface area contributed by atoms with Crippen LogP contribution in [0.25, 0.3) is 0 Å². The number of benzene rings is 3. The molecule has 1 heterocycles. The summed E-state index contributed by atoms with van der Waals surface area (Å²) in [7, 11) is 0. The standard InChI is InChI=1S/C35H39N3O4/c1-5-6-7-15-32(40)37-30-14-9-8-13-28(30)36-29-21-25(23-16-18-26(19-17-23)35(2,3)4)22-31(39)33(29)34(37)24-11-10-12-27(20-24)38(41)42/h8-14,16-20,25,34,36H,5-7,15,21-22H2,1-4H3. The maximum atomic E-state index is 14.2. The van der Waals surface area contributed by atoms with E-state index in [9.17, 15) is 19.7 Å². The van der Waals surface area contributed by atoms with E-state index in [0.717, 1.165) is 36.2 Å². The monoisotopic (exact) mass is 565 g/mol. The molecule has 1 N–H and O–H groups in total. The van der Waals surface area contributed by atoms with E-state index in [0.29, 0.717) is 36.1 Å². The number of carbonyl (C=O) groups is 2. The molecular weight excluding hydrogens is 526 g/mol. The molecular formula is C35H39N3O4. The number of nitro benzene ring substituents is 1. The number of Topliss-reactive ketones (excluding diaryl/α,β-unsaturated/α-hetero) is 1. The van der Waals surface area contributed by atoms with Crippen LogP contribution in [-0.2, 0) is 15.0 Å². The van der Waals surface area contributed by atoms with Crippen LogP contribution in [0, 0.1) is 10.1 Å². The number of rotatable bonds is 7. The van der Waals surface area contributed by atoms with Gasteiger partial charge in [0.2, 0.25) is 5.91 Å². The third kappa shape index (κ3) is 5.87. The number of carbonyl (C=O) groups excluding carboxylic acids is 2. The number of anilines is 2. The zero-order valence-corrected chi connectivity index (χ0v) is 24.9. The minimum absolute atomic E-state index is 0.0255. The fraction of sp³-hybridized carbons (Fsp3) is 0.371. The van der Waals surface area contributed by atoms with E-state index in [4.69, 9.17) is 0 Å². The number of ketones is 1. The van der Waals surface area contributed by atoms with Crippen molar-refractivity contribution < 1.29 is 14.5 Å². The van der Waals surface area contributed by atoms with Crippen molar-refractivity contribution in [3.05, 3.63) is 111 Å². The molecule has 2 aliphatic rings. The van der Waals surface area contributed by atoms with Crippen molar-refractivity contribution >= 4 is 28.8 Å². The third-order valence-corrected chi connectivity index (χ3v) is 8.40. The predicted molar refractivity (Wildman–Crippen MR) is 167 cm³/mol. The highest BCUT2D eigenvalue weighted by Gasteiger charge is 2.41. The average molecular weight is 566 g/mol. The van der Waals surface area contributed by atoms with E-state index in [2.05, 4.69) is 57.3 Å². The molecule has 5 rings (SSSR count). The van der Waals surface area contributed by atoms with Gasteiger partial charge in [-0.25, -0.2) is 0 Å². The average Bonchev–Trinajstić information content (AvgIpc) is 3.11. The lowest BCUT2D eigenvalue weighted by Gasteiger charge is -2.35. The number of amides is 1. The maximum absolute atomic E-state index is 14.2. The first kappa shape index (κ1) is 29.2. The lowest BCUT2D eigenvalue weighted by molar-refractivity contribution is -0.384. The summed E-state index contributed by atoms with van der Waals surface area (Å²) in [6.07, 6.45) is 3.85. The van der Waals surface area contributed by atoms with Crippen molar-refractivity contribution in [3.63, 3.8) is 0 Å². The van der Waals surface area contributed by atoms with E-state index >= 15 is 0 Å². The topological polar surface area (TPSA) is 92.6 Å². The quantitative estimate of drug-likeness (QED) is 0.176. The Morgan fingerprint density at radius 3 is 2.40 bits per heavy atom. The molecule has 0 saturated heterocycles. The molecule has 2 unspecified atom stereocenters. The largest absolute Gasteiger partial charge is 0.357 e. The number of unbranched alkanes of at least 4 members (excludes halogenated alkanes) is 2. The van der Waals surface area contributed by atoms with Crippen LogP contribution in [0.15, 0.2) is 84.1 Å². The van der Waals surface area contributed by atoms with E-state index in [1.165, 1.54) is 17.7 Å². The molecule has 3 aromatic carbocycles. The second kappa shape index (κ2) is 11.9. The van der Waals surface area contributed by atoms with Gasteiger partial charge in [-0.1, -0.05) is 89.1 Å². The van der Waals surface area contributed by atoms with Gasteiger partial charge in [-0.2, -0.15) is 0 Å². The van der Waals surface area contributed by atoms with Gasteiger partial charge < -0.3 is 5.32 Å². The van der Waals surface area contributed by atoms with Gasteiger partial charge in [0.05, 0.1) is 22.3 Å². The second-order valence-corrected chi connectivity index (χ2v) is 12.4. The minimum atomic E-state index is -0.776. The summed E-state index contributed by atoms with van der Waals surface area (Å²) < 4.78 is 0. The van der Waals surface area contributed by atoms with E-state index < -0.39 is 11.0 Å². The van der Waals surface area contributed by atoms with Gasteiger partial charge in [0.15, 0.2) is 5.78 Å². The number of nitrogens with zero attached hydrogens (tertiary/aromatic N) is 2. The molecule has 1 aliphatic heterocycles. The normalized spacial score (nSPS) is 18.6. The molecule has 0 bridgehead atoms. The van der Waals surface area contributed by atoms with Gasteiger partial charge in [0.1, 0.15) is 0 Å². The number of nitrogens with one attached hydrogen (secondary N) is 1. The number of fused-ring (bicyclic) bond motifs is 1. The van der Waals surface area contributed by atoms with Crippen molar-refractivity contribution in [1.29, 1.82) is 0 Å². The number of para-hydroxylation sites is 2. The summed E-state index contributed by atoms with van der Waals surface area (Å²) >= 11 is 0. The zero-order chi connectivity index (χ0) is 30.0. The van der Waals surface area contributed by atoms with Crippen molar-refractivity contribution in [2.45, 2.75) is 83.6 Å². The SMILES string of the molecule is CCCCCC(=O)N1c2ccccc2NC2=C(C(=O)CC(c3ccc(C(C)(C)C)cc3)C2)C1c1cccc([N+](=O)[O-])c1. The Morgan fingerprint density at radius 1 is 0.976 bits per heavy atom. The van der Waals surface area contributed by atoms with Crippen LogP contribution in [0.4, 0.5) is 17.1 Å². The number of hydrogen-bond donors (Lipinski definition) is 1. The molecule has 218 valence electrons. The van der Waals surface area contributed by atoms with Gasteiger partial charge in [0, 0.05) is 36.2 Å². The number of nitro groups is 1. The van der Waals surface area contributed by atoms with Gasteiger partial charge in [-0.3, -0.25) is 24.6 Å². The van der Waals surface area contributed by atoms with E-state index in [1.54, 1.807) is 17.0 Å². The zero-order valence-electron chi connectivity index (χ0n) is 24.9. The molecule has 42 heavy (non-hydrogen) atoms. The summed E-state index contributed by atoms with van der Waals surface area (Å²) in [5.74, 6) is -0.178. The number of allylic oxidation sites excluding steroid dienone is 1. The molecule has 1 amide bonds. The summed E-state index contributed by atoms with van der Waals surface area (Å²) in [5.41, 5.74) is 5.55. The van der Waals surface area contributed by atoms with Crippen LogP contribution in [0.2, 0.25) is 0 Å². The minimum Gasteiger partial charge on any atom is -0.357 e. The number of non-ortho nitro benzene ring substituents is 1. The van der Waals surface area contributed by atoms with Crippen molar-refractivity contribution in [1.82, 2.24) is 0 Å². The van der Waals surface area contributed by atoms with Crippen molar-refractivity contribution in [3.8, 4) is 0 Å². The third-order valence-electron chi connectivity index (χ3n) is 8.40. The molecule has 0 radical (unpaired) electrons. The Bertz CT molecular complexity index is 1530. The van der Waals surface area contributed by atoms with Crippen LogP contribution in [0.5, 0.6) is 0 Å². The number of hydrogen-bond acceptors (Lipinski definition) is 5.